The molecule has 0 saturated heterocycles. The minimum absolute atomic E-state index is 0.178. The highest BCUT2D eigenvalue weighted by atomic mass is 32.2. The molecule has 14 nitrogen and oxygen atoms in total. The SMILES string of the molecule is Cc1ccc(S(=O)(=O)[O-])cc1.Cc1ccc(S(=O)(=O)[O-])cc1.c1ccc2cc3c(cc2c1)OCCn1c[n+](c2ccccc21)CCOc1cc2ccccc2cc1OCCn1c[n+](c2ccccc21)CCO3. The first-order valence-electron chi connectivity index (χ1n) is 23.3. The van der Waals surface area contributed by atoms with Crippen molar-refractivity contribution in [2.45, 2.75) is 49.8 Å². The van der Waals surface area contributed by atoms with Gasteiger partial charge in [0.1, 0.15) is 72.8 Å². The van der Waals surface area contributed by atoms with E-state index in [1.54, 1.807) is 24.3 Å². The molecular weight excluding hydrogens is 953 g/mol. The van der Waals surface area contributed by atoms with Crippen molar-refractivity contribution in [3.8, 4) is 23.0 Å². The third-order valence-electron chi connectivity index (χ3n) is 12.2. The Balaban J connectivity index is 0.000000240. The molecule has 0 fully saturated rings. The summed E-state index contributed by atoms with van der Waals surface area (Å²) in [5, 5.41) is 4.48. The maximum Gasteiger partial charge on any atom is 0.244 e. The van der Waals surface area contributed by atoms with Crippen LogP contribution in [0.25, 0.3) is 43.6 Å². The van der Waals surface area contributed by atoms with Crippen LogP contribution < -0.4 is 28.1 Å². The summed E-state index contributed by atoms with van der Waals surface area (Å²) in [6.45, 7) is 8.32. The van der Waals surface area contributed by atoms with Crippen molar-refractivity contribution in [1.82, 2.24) is 9.13 Å². The van der Waals surface area contributed by atoms with E-state index in [0.717, 1.165) is 77.7 Å². The van der Waals surface area contributed by atoms with E-state index in [1.807, 2.05) is 13.8 Å². The predicted molar refractivity (Wildman–Crippen MR) is 272 cm³/mol. The zero-order valence-electron chi connectivity index (χ0n) is 39.7. The number of aryl methyl sites for hydroxylation is 2. The fourth-order valence-corrected chi connectivity index (χ4v) is 9.41. The van der Waals surface area contributed by atoms with Gasteiger partial charge >= 0.3 is 0 Å². The Bertz CT molecular complexity index is 3330. The molecule has 11 rings (SSSR count). The Kier molecular flexibility index (Phi) is 14.8. The molecule has 0 radical (unpaired) electrons. The van der Waals surface area contributed by atoms with Crippen molar-refractivity contribution in [1.29, 1.82) is 0 Å². The van der Waals surface area contributed by atoms with Gasteiger partial charge in [-0.15, -0.1) is 0 Å². The molecule has 0 saturated carbocycles. The van der Waals surface area contributed by atoms with E-state index in [4.69, 9.17) is 18.9 Å². The van der Waals surface area contributed by atoms with Gasteiger partial charge in [-0.2, -0.15) is 0 Å². The average molecular weight is 1010 g/mol. The third-order valence-corrected chi connectivity index (χ3v) is 13.9. The molecule has 0 amide bonds. The second-order valence-corrected chi connectivity index (χ2v) is 20.0. The molecule has 72 heavy (non-hydrogen) atoms. The fourth-order valence-electron chi connectivity index (χ4n) is 8.47. The zero-order valence-corrected chi connectivity index (χ0v) is 41.3. The number of fused-ring (bicyclic) bond motifs is 14. The smallest absolute Gasteiger partial charge is 0.244 e. The Labute approximate surface area is 418 Å². The summed E-state index contributed by atoms with van der Waals surface area (Å²) in [6, 6.07) is 53.5. The van der Waals surface area contributed by atoms with Gasteiger partial charge < -0.3 is 28.1 Å². The van der Waals surface area contributed by atoms with Gasteiger partial charge in [0.25, 0.3) is 0 Å². The lowest BCUT2D eigenvalue weighted by Crippen LogP contribution is -2.35. The van der Waals surface area contributed by atoms with Crippen LogP contribution in [0.3, 0.4) is 0 Å². The van der Waals surface area contributed by atoms with Crippen molar-refractivity contribution in [2.24, 2.45) is 0 Å². The van der Waals surface area contributed by atoms with Gasteiger partial charge in [0.05, 0.1) is 9.79 Å². The Morgan fingerprint density at radius 2 is 0.722 bits per heavy atom. The molecule has 0 unspecified atom stereocenters. The molecule has 1 aliphatic heterocycles. The van der Waals surface area contributed by atoms with Gasteiger partial charge in [0.2, 0.25) is 12.7 Å². The number of hydrogen-bond acceptors (Lipinski definition) is 10. The summed E-state index contributed by atoms with van der Waals surface area (Å²) in [4.78, 5) is -0.355. The molecule has 0 atom stereocenters. The number of hydrogen-bond donors (Lipinski definition) is 0. The monoisotopic (exact) mass is 1000 g/mol. The maximum atomic E-state index is 10.4. The van der Waals surface area contributed by atoms with E-state index >= 15 is 0 Å². The first-order chi connectivity index (χ1) is 34.8. The van der Waals surface area contributed by atoms with E-state index in [2.05, 4.69) is 152 Å². The van der Waals surface area contributed by atoms with Crippen LogP contribution in [-0.2, 0) is 46.4 Å². The topological polar surface area (TPSA) is 169 Å². The van der Waals surface area contributed by atoms with Crippen LogP contribution >= 0.6 is 0 Å². The number of nitrogens with zero attached hydrogens (tertiary/aromatic N) is 4. The molecule has 16 heteroatoms. The summed E-state index contributed by atoms with van der Waals surface area (Å²) in [5.41, 5.74) is 6.45. The first-order valence-corrected chi connectivity index (χ1v) is 26.1. The number of ether oxygens (including phenoxy) is 4. The highest BCUT2D eigenvalue weighted by Crippen LogP contribution is 2.34. The minimum Gasteiger partial charge on any atom is -0.744 e. The van der Waals surface area contributed by atoms with E-state index in [1.165, 1.54) is 24.3 Å². The molecule has 0 aliphatic carbocycles. The lowest BCUT2D eigenvalue weighted by Gasteiger charge is -2.14. The summed E-state index contributed by atoms with van der Waals surface area (Å²) < 4.78 is 97.3. The quantitative estimate of drug-likeness (QED) is 0.120. The van der Waals surface area contributed by atoms with Gasteiger partial charge in [-0.3, -0.25) is 0 Å². The van der Waals surface area contributed by atoms with Gasteiger partial charge in [-0.25, -0.2) is 35.1 Å². The van der Waals surface area contributed by atoms with E-state index in [0.29, 0.717) is 52.6 Å². The van der Waals surface area contributed by atoms with Crippen LogP contribution in [0.5, 0.6) is 23.0 Å². The summed E-state index contributed by atoms with van der Waals surface area (Å²) in [6.07, 6.45) is 4.32. The molecule has 0 N–H and O–H groups in total. The molecule has 368 valence electrons. The number of rotatable bonds is 2. The van der Waals surface area contributed by atoms with Crippen molar-refractivity contribution in [3.05, 3.63) is 194 Å². The van der Waals surface area contributed by atoms with Crippen molar-refractivity contribution in [2.75, 3.05) is 26.4 Å². The molecule has 8 aromatic carbocycles. The number of benzene rings is 8. The van der Waals surface area contributed by atoms with Crippen molar-refractivity contribution < 1.29 is 54.0 Å². The van der Waals surface area contributed by atoms with Gasteiger partial charge in [-0.1, -0.05) is 108 Å². The molecule has 2 aromatic heterocycles. The van der Waals surface area contributed by atoms with Gasteiger partial charge in [-0.05, 0) is 108 Å². The normalized spacial score (nSPS) is 13.5. The summed E-state index contributed by atoms with van der Waals surface area (Å²) >= 11 is 0. The maximum absolute atomic E-state index is 10.4. The highest BCUT2D eigenvalue weighted by molar-refractivity contribution is 7.86. The Morgan fingerprint density at radius 1 is 0.417 bits per heavy atom. The molecular formula is C56H52N4O10S2. The highest BCUT2D eigenvalue weighted by Gasteiger charge is 2.20. The molecule has 4 bridgehead atoms. The van der Waals surface area contributed by atoms with Crippen molar-refractivity contribution >= 4 is 63.8 Å². The van der Waals surface area contributed by atoms with Crippen molar-refractivity contribution in [3.63, 3.8) is 0 Å². The second-order valence-electron chi connectivity index (χ2n) is 17.2. The standard InChI is InChI=1S/C42H38N4O4.2C7H8O3S/c1-2-10-32-26-40-39(25-31(32)9-1)47-21-17-43-29-45(36-14-6-5-13-35(36)43)19-23-49-41-27-33-11-3-4-12-34(33)28-42(41)50-24-20-46-30-44(18-22-48-40)37-15-7-8-16-38(37)46;2*1-6-2-4-7(5-3-6)11(8,9)10/h1-16,25-30H,17-24H2;2*2-5H,1H3,(H,8,9,10)/q+2;;/p-2. The molecule has 1 aliphatic rings. The third kappa shape index (κ3) is 11.9. The van der Waals surface area contributed by atoms with Crippen LogP contribution in [-0.4, -0.2) is 61.5 Å². The largest absolute Gasteiger partial charge is 0.744 e. The van der Waals surface area contributed by atoms with E-state index < -0.39 is 20.2 Å². The summed E-state index contributed by atoms with van der Waals surface area (Å²) in [5.74, 6) is 3.00. The zero-order chi connectivity index (χ0) is 50.2. The average Bonchev–Trinajstić information content (AvgIpc) is 3.91. The Morgan fingerprint density at radius 3 is 1.06 bits per heavy atom. The molecule has 10 aromatic rings. The lowest BCUT2D eigenvalue weighted by atomic mass is 10.1. The van der Waals surface area contributed by atoms with Crippen LogP contribution in [0.1, 0.15) is 11.1 Å². The first kappa shape index (κ1) is 49.2. The van der Waals surface area contributed by atoms with Gasteiger partial charge in [0, 0.05) is 0 Å². The molecule has 3 heterocycles. The molecule has 0 spiro atoms. The van der Waals surface area contributed by atoms with Crippen LogP contribution in [0.4, 0.5) is 0 Å². The van der Waals surface area contributed by atoms with Crippen LogP contribution in [0, 0.1) is 13.8 Å². The number of para-hydroxylation sites is 4. The minimum atomic E-state index is -4.27. The van der Waals surface area contributed by atoms with E-state index in [9.17, 15) is 25.9 Å². The fraction of sp³-hybridized carbons (Fsp3) is 0.179. The number of imidazole rings is 2. The van der Waals surface area contributed by atoms with Gasteiger partial charge in [0.15, 0.2) is 45.1 Å². The Hall–Kier alpha value is -7.76. The van der Waals surface area contributed by atoms with Crippen LogP contribution in [0.2, 0.25) is 0 Å². The van der Waals surface area contributed by atoms with Crippen LogP contribution in [0.15, 0.2) is 192 Å². The summed E-state index contributed by atoms with van der Waals surface area (Å²) in [7, 11) is -8.54. The number of aromatic nitrogens is 4. The predicted octanol–water partition coefficient (Wildman–Crippen LogP) is 8.91. The lowest BCUT2D eigenvalue weighted by molar-refractivity contribution is -0.673. The van der Waals surface area contributed by atoms with E-state index in [-0.39, 0.29) is 9.79 Å². The second kappa shape index (κ2) is 21.7.